The second kappa shape index (κ2) is 7.59. The Morgan fingerprint density at radius 2 is 2.08 bits per heavy atom. The van der Waals surface area contributed by atoms with Crippen LogP contribution in [0.2, 0.25) is 0 Å². The van der Waals surface area contributed by atoms with Crippen LogP contribution in [0.15, 0.2) is 18.2 Å². The molecule has 0 saturated heterocycles. The van der Waals surface area contributed by atoms with Gasteiger partial charge in [-0.1, -0.05) is 6.07 Å². The Hall–Kier alpha value is -2.89. The lowest BCUT2D eigenvalue weighted by atomic mass is 10.1. The number of halogens is 2. The molecule has 0 heterocycles. The minimum Gasteiger partial charge on any atom is -0.489 e. The summed E-state index contributed by atoms with van der Waals surface area (Å²) in [6.45, 7) is -2.69. The van der Waals surface area contributed by atoms with E-state index in [9.17, 15) is 18.4 Å². The first-order valence-corrected chi connectivity index (χ1v) is 7.12. The summed E-state index contributed by atoms with van der Waals surface area (Å²) in [6.07, 6.45) is 2.00. The van der Waals surface area contributed by atoms with Crippen LogP contribution in [0.3, 0.4) is 0 Å². The van der Waals surface area contributed by atoms with Gasteiger partial charge in [0.15, 0.2) is 11.5 Å². The highest BCUT2D eigenvalue weighted by Gasteiger charge is 2.24. The number of ether oxygens (including phenoxy) is 2. The van der Waals surface area contributed by atoms with Gasteiger partial charge in [-0.05, 0) is 36.5 Å². The quantitative estimate of drug-likeness (QED) is 0.726. The van der Waals surface area contributed by atoms with Crippen LogP contribution in [0.25, 0.3) is 0 Å². The highest BCUT2D eigenvalue weighted by Crippen LogP contribution is 2.35. The molecule has 1 aromatic carbocycles. The first kappa shape index (κ1) is 17.5. The van der Waals surface area contributed by atoms with Gasteiger partial charge in [0.2, 0.25) is 0 Å². The Balaban J connectivity index is 2.21. The molecule has 1 aromatic rings. The van der Waals surface area contributed by atoms with Crippen molar-refractivity contribution in [3.63, 3.8) is 0 Å². The molecule has 128 valence electrons. The van der Waals surface area contributed by atoms with Crippen molar-refractivity contribution in [1.82, 2.24) is 5.32 Å². The summed E-state index contributed by atoms with van der Waals surface area (Å²) < 4.78 is 34.8. The van der Waals surface area contributed by atoms with Crippen LogP contribution < -0.4 is 20.5 Å². The number of rotatable bonds is 7. The van der Waals surface area contributed by atoms with Crippen molar-refractivity contribution in [1.29, 1.82) is 5.26 Å². The first-order chi connectivity index (χ1) is 11.4. The molecule has 9 heteroatoms. The maximum atomic E-state index is 12.5. The van der Waals surface area contributed by atoms with Crippen molar-refractivity contribution in [2.24, 2.45) is 11.7 Å². The van der Waals surface area contributed by atoms with Crippen LogP contribution in [-0.4, -0.2) is 25.0 Å². The number of amides is 2. The third kappa shape index (κ3) is 4.81. The van der Waals surface area contributed by atoms with Gasteiger partial charge in [-0.25, -0.2) is 0 Å². The van der Waals surface area contributed by atoms with E-state index in [1.807, 2.05) is 0 Å². The van der Waals surface area contributed by atoms with Gasteiger partial charge < -0.3 is 20.5 Å². The molecule has 0 spiro atoms. The van der Waals surface area contributed by atoms with Gasteiger partial charge in [0, 0.05) is 0 Å². The molecule has 1 unspecified atom stereocenters. The molecule has 1 atom stereocenters. The lowest BCUT2D eigenvalue weighted by Crippen LogP contribution is -2.37. The van der Waals surface area contributed by atoms with Crippen molar-refractivity contribution >= 4 is 11.8 Å². The molecule has 1 aliphatic carbocycles. The summed E-state index contributed by atoms with van der Waals surface area (Å²) in [5.74, 6) is -2.14. The Morgan fingerprint density at radius 1 is 1.38 bits per heavy atom. The minimum atomic E-state index is -3.03. The molecule has 0 bridgehead atoms. The van der Waals surface area contributed by atoms with E-state index in [0.29, 0.717) is 12.5 Å². The van der Waals surface area contributed by atoms with Crippen LogP contribution in [0, 0.1) is 17.2 Å². The van der Waals surface area contributed by atoms with Crippen LogP contribution in [0.5, 0.6) is 11.5 Å². The molecular formula is C15H15F2N3O4. The van der Waals surface area contributed by atoms with Gasteiger partial charge in [0.05, 0.1) is 12.7 Å². The smallest absolute Gasteiger partial charge is 0.387 e. The highest BCUT2D eigenvalue weighted by atomic mass is 19.3. The summed E-state index contributed by atoms with van der Waals surface area (Å²) in [6, 6.07) is 4.44. The largest absolute Gasteiger partial charge is 0.489 e. The van der Waals surface area contributed by atoms with Gasteiger partial charge >= 0.3 is 18.4 Å². The predicted octanol–water partition coefficient (Wildman–Crippen LogP) is 1.24. The fourth-order valence-electron chi connectivity index (χ4n) is 1.89. The minimum absolute atomic E-state index is 0.0354. The van der Waals surface area contributed by atoms with Crippen LogP contribution in [0.4, 0.5) is 8.78 Å². The number of benzene rings is 1. The first-order valence-electron chi connectivity index (χ1n) is 7.12. The zero-order valence-corrected chi connectivity index (χ0v) is 12.5. The van der Waals surface area contributed by atoms with E-state index in [4.69, 9.17) is 15.7 Å². The molecular weight excluding hydrogens is 324 g/mol. The van der Waals surface area contributed by atoms with E-state index in [-0.39, 0.29) is 17.1 Å². The van der Waals surface area contributed by atoms with Crippen LogP contribution in [-0.2, 0) is 9.59 Å². The monoisotopic (exact) mass is 339 g/mol. The summed E-state index contributed by atoms with van der Waals surface area (Å²) in [5.41, 5.74) is 5.07. The van der Waals surface area contributed by atoms with Gasteiger partial charge in [0.25, 0.3) is 0 Å². The standard InChI is InChI=1S/C15H15F2N3O4/c16-15(17)24-11-4-3-9(5-12(11)23-7-8-1-2-8)10(6-18)20-14(22)13(19)21/h3-5,8,10,15H,1-2,7H2,(H2,19,21)(H,20,22). The van der Waals surface area contributed by atoms with Crippen LogP contribution >= 0.6 is 0 Å². The number of nitriles is 1. The number of hydrogen-bond acceptors (Lipinski definition) is 5. The molecule has 1 fully saturated rings. The predicted molar refractivity (Wildman–Crippen MR) is 77.0 cm³/mol. The molecule has 0 aliphatic heterocycles. The normalized spacial score (nSPS) is 14.6. The molecule has 1 saturated carbocycles. The summed E-state index contributed by atoms with van der Waals surface area (Å²) in [7, 11) is 0. The average Bonchev–Trinajstić information content (AvgIpc) is 3.35. The molecule has 2 rings (SSSR count). The lowest BCUT2D eigenvalue weighted by Gasteiger charge is -2.16. The number of alkyl halides is 2. The highest BCUT2D eigenvalue weighted by molar-refractivity contribution is 6.34. The maximum absolute atomic E-state index is 12.5. The summed E-state index contributed by atoms with van der Waals surface area (Å²) >= 11 is 0. The van der Waals surface area contributed by atoms with Crippen LogP contribution in [0.1, 0.15) is 24.4 Å². The van der Waals surface area contributed by atoms with Gasteiger partial charge in [0.1, 0.15) is 6.04 Å². The number of nitrogens with two attached hydrogens (primary N) is 1. The third-order valence-corrected chi connectivity index (χ3v) is 3.32. The molecule has 7 nitrogen and oxygen atoms in total. The third-order valence-electron chi connectivity index (χ3n) is 3.32. The van der Waals surface area contributed by atoms with E-state index in [0.717, 1.165) is 12.8 Å². The summed E-state index contributed by atoms with van der Waals surface area (Å²) in [5, 5.41) is 11.3. The van der Waals surface area contributed by atoms with E-state index < -0.39 is 24.5 Å². The summed E-state index contributed by atoms with van der Waals surface area (Å²) in [4.78, 5) is 22.1. The average molecular weight is 339 g/mol. The van der Waals surface area contributed by atoms with E-state index in [1.165, 1.54) is 18.2 Å². The zero-order chi connectivity index (χ0) is 17.7. The Morgan fingerprint density at radius 3 is 2.62 bits per heavy atom. The molecule has 24 heavy (non-hydrogen) atoms. The van der Waals surface area contributed by atoms with Crippen molar-refractivity contribution in [3.05, 3.63) is 23.8 Å². The van der Waals surface area contributed by atoms with Crippen molar-refractivity contribution in [3.8, 4) is 17.6 Å². The van der Waals surface area contributed by atoms with Gasteiger partial charge in [-0.15, -0.1) is 0 Å². The van der Waals surface area contributed by atoms with Gasteiger partial charge in [-0.3, -0.25) is 9.59 Å². The second-order valence-electron chi connectivity index (χ2n) is 5.24. The molecule has 3 N–H and O–H groups in total. The fraction of sp³-hybridized carbons (Fsp3) is 0.400. The number of nitrogens with one attached hydrogen (secondary N) is 1. The Labute approximate surface area is 136 Å². The zero-order valence-electron chi connectivity index (χ0n) is 12.5. The van der Waals surface area contributed by atoms with Gasteiger partial charge in [-0.2, -0.15) is 14.0 Å². The van der Waals surface area contributed by atoms with Crippen molar-refractivity contribution in [2.45, 2.75) is 25.5 Å². The Kier molecular flexibility index (Phi) is 5.52. The van der Waals surface area contributed by atoms with E-state index in [2.05, 4.69) is 10.1 Å². The molecule has 0 radical (unpaired) electrons. The number of primary amides is 1. The number of hydrogen-bond donors (Lipinski definition) is 2. The van der Waals surface area contributed by atoms with E-state index >= 15 is 0 Å². The topological polar surface area (TPSA) is 114 Å². The second-order valence-corrected chi connectivity index (χ2v) is 5.24. The van der Waals surface area contributed by atoms with Crippen molar-refractivity contribution < 1.29 is 27.8 Å². The maximum Gasteiger partial charge on any atom is 0.387 e. The fourth-order valence-corrected chi connectivity index (χ4v) is 1.89. The van der Waals surface area contributed by atoms with Crippen molar-refractivity contribution in [2.75, 3.05) is 6.61 Å². The number of carbonyl (C=O) groups is 2. The number of nitrogens with zero attached hydrogens (tertiary/aromatic N) is 1. The SMILES string of the molecule is N#CC(NC(=O)C(N)=O)c1ccc(OC(F)F)c(OCC2CC2)c1. The molecule has 2 amide bonds. The molecule has 1 aliphatic rings. The Bertz CT molecular complexity index is 671. The van der Waals surface area contributed by atoms with E-state index in [1.54, 1.807) is 6.07 Å². The molecule has 0 aromatic heterocycles. The lowest BCUT2D eigenvalue weighted by molar-refractivity contribution is -0.137. The number of carbonyl (C=O) groups excluding carboxylic acids is 2.